The quantitative estimate of drug-likeness (QED) is 0.469. The van der Waals surface area contributed by atoms with Crippen LogP contribution >= 0.6 is 0 Å². The van der Waals surface area contributed by atoms with Crippen molar-refractivity contribution in [2.24, 2.45) is 5.92 Å². The fourth-order valence-electron chi connectivity index (χ4n) is 2.36. The van der Waals surface area contributed by atoms with E-state index in [0.717, 1.165) is 12.0 Å². The zero-order valence-corrected chi connectivity index (χ0v) is 15.3. The van der Waals surface area contributed by atoms with Crippen molar-refractivity contribution < 1.29 is 24.6 Å². The van der Waals surface area contributed by atoms with Gasteiger partial charge in [-0.2, -0.15) is 0 Å². The molecule has 0 bridgehead atoms. The van der Waals surface area contributed by atoms with E-state index in [2.05, 4.69) is 10.6 Å². The van der Waals surface area contributed by atoms with Gasteiger partial charge in [-0.25, -0.2) is 0 Å². The van der Waals surface area contributed by atoms with E-state index in [1.165, 1.54) is 0 Å². The van der Waals surface area contributed by atoms with E-state index in [9.17, 15) is 19.5 Å². The van der Waals surface area contributed by atoms with Crippen molar-refractivity contribution in [3.05, 3.63) is 35.9 Å². The van der Waals surface area contributed by atoms with Gasteiger partial charge in [-0.1, -0.05) is 44.2 Å². The van der Waals surface area contributed by atoms with E-state index in [1.54, 1.807) is 0 Å². The molecule has 2 amide bonds. The van der Waals surface area contributed by atoms with Crippen LogP contribution in [0.5, 0.6) is 0 Å². The smallest absolute Gasteiger partial charge is 0.306 e. The highest BCUT2D eigenvalue weighted by molar-refractivity contribution is 5.90. The van der Waals surface area contributed by atoms with Crippen LogP contribution in [0.2, 0.25) is 0 Å². The minimum atomic E-state index is -1.69. The van der Waals surface area contributed by atoms with Crippen LogP contribution in [-0.2, 0) is 20.8 Å². The Balaban J connectivity index is 2.68. The molecule has 2 atom stereocenters. The monoisotopic (exact) mass is 364 g/mol. The average molecular weight is 364 g/mol. The summed E-state index contributed by atoms with van der Waals surface area (Å²) in [6.07, 6.45) is -0.657. The summed E-state index contributed by atoms with van der Waals surface area (Å²) in [5.41, 5.74) is 1.02. The predicted octanol–water partition coefficient (Wildman–Crippen LogP) is 1.10. The van der Waals surface area contributed by atoms with Crippen molar-refractivity contribution >= 4 is 17.8 Å². The van der Waals surface area contributed by atoms with Crippen LogP contribution in [0.1, 0.15) is 38.7 Å². The molecule has 0 aliphatic carbocycles. The van der Waals surface area contributed by atoms with Gasteiger partial charge in [0, 0.05) is 6.54 Å². The van der Waals surface area contributed by atoms with E-state index >= 15 is 0 Å². The van der Waals surface area contributed by atoms with E-state index in [1.807, 2.05) is 44.2 Å². The van der Waals surface area contributed by atoms with Crippen LogP contribution in [0.15, 0.2) is 30.3 Å². The van der Waals surface area contributed by atoms with Crippen molar-refractivity contribution in [2.45, 2.75) is 51.7 Å². The minimum absolute atomic E-state index is 0.336. The lowest BCUT2D eigenvalue weighted by Gasteiger charge is -2.20. The molecule has 1 rings (SSSR count). The number of hydrogen-bond donors (Lipinski definition) is 4. The maximum atomic E-state index is 12.4. The topological polar surface area (TPSA) is 116 Å². The minimum Gasteiger partial charge on any atom is -0.481 e. The highest BCUT2D eigenvalue weighted by Crippen LogP contribution is 2.07. The van der Waals surface area contributed by atoms with E-state index in [-0.39, 0.29) is 5.91 Å². The second kappa shape index (κ2) is 11.3. The fraction of sp³-hybridized carbons (Fsp3) is 0.526. The molecule has 7 heteroatoms. The lowest BCUT2D eigenvalue weighted by Crippen LogP contribution is -2.50. The highest BCUT2D eigenvalue weighted by Gasteiger charge is 2.25. The molecule has 0 aliphatic rings. The second-order valence-electron chi connectivity index (χ2n) is 6.67. The molecule has 0 spiro atoms. The predicted molar refractivity (Wildman–Crippen MR) is 97.4 cm³/mol. The first-order valence-corrected chi connectivity index (χ1v) is 8.81. The first-order valence-electron chi connectivity index (χ1n) is 8.81. The molecule has 7 nitrogen and oxygen atoms in total. The first-order chi connectivity index (χ1) is 12.3. The number of aryl methyl sites for hydroxylation is 1. The van der Waals surface area contributed by atoms with Crippen LogP contribution < -0.4 is 10.6 Å². The lowest BCUT2D eigenvalue weighted by atomic mass is 10.0. The SMILES string of the molecule is CC(C)CCNC(=O)[C@H](CCc1ccccc1)NC(=O)[C@@H](O)CC(=O)O. The van der Waals surface area contributed by atoms with Crippen molar-refractivity contribution in [1.82, 2.24) is 10.6 Å². The van der Waals surface area contributed by atoms with Crippen molar-refractivity contribution in [3.63, 3.8) is 0 Å². The van der Waals surface area contributed by atoms with E-state index in [4.69, 9.17) is 5.11 Å². The third kappa shape index (κ3) is 8.62. The Morgan fingerprint density at radius 1 is 1.04 bits per heavy atom. The summed E-state index contributed by atoms with van der Waals surface area (Å²) in [6, 6.07) is 8.69. The average Bonchev–Trinajstić information content (AvgIpc) is 2.58. The number of aliphatic hydroxyl groups is 1. The molecule has 0 aliphatic heterocycles. The number of benzene rings is 1. The normalized spacial score (nSPS) is 13.1. The van der Waals surface area contributed by atoms with Crippen LogP contribution in [0.25, 0.3) is 0 Å². The largest absolute Gasteiger partial charge is 0.481 e. The summed E-state index contributed by atoms with van der Waals surface area (Å²) in [6.45, 7) is 4.58. The molecular formula is C19H28N2O5. The summed E-state index contributed by atoms with van der Waals surface area (Å²) >= 11 is 0. The summed E-state index contributed by atoms with van der Waals surface area (Å²) in [5.74, 6) is -2.04. The number of nitrogens with one attached hydrogen (secondary N) is 2. The van der Waals surface area contributed by atoms with E-state index < -0.39 is 30.4 Å². The standard InChI is InChI=1S/C19H28N2O5/c1-13(2)10-11-20-18(25)15(9-8-14-6-4-3-5-7-14)21-19(26)16(22)12-17(23)24/h3-7,13,15-16,22H,8-12H2,1-2H3,(H,20,25)(H,21,26)(H,23,24)/t15-,16-/m0/s1. The fourth-order valence-corrected chi connectivity index (χ4v) is 2.36. The summed E-state index contributed by atoms with van der Waals surface area (Å²) in [4.78, 5) is 35.0. The maximum Gasteiger partial charge on any atom is 0.306 e. The zero-order chi connectivity index (χ0) is 19.5. The highest BCUT2D eigenvalue weighted by atomic mass is 16.4. The van der Waals surface area contributed by atoms with Crippen molar-refractivity contribution in [2.75, 3.05) is 6.54 Å². The number of carbonyl (C=O) groups is 3. The van der Waals surface area contributed by atoms with Gasteiger partial charge in [-0.05, 0) is 30.7 Å². The molecule has 0 unspecified atom stereocenters. The van der Waals surface area contributed by atoms with Gasteiger partial charge in [0.1, 0.15) is 12.1 Å². The van der Waals surface area contributed by atoms with Crippen molar-refractivity contribution in [3.8, 4) is 0 Å². The van der Waals surface area contributed by atoms with E-state index in [0.29, 0.717) is 25.3 Å². The maximum absolute atomic E-state index is 12.4. The van der Waals surface area contributed by atoms with Gasteiger partial charge in [-0.3, -0.25) is 14.4 Å². The van der Waals surface area contributed by atoms with Crippen LogP contribution in [-0.4, -0.2) is 46.7 Å². The first kappa shape index (κ1) is 21.6. The number of carboxylic acid groups (broad SMARTS) is 1. The third-order valence-electron chi connectivity index (χ3n) is 3.89. The van der Waals surface area contributed by atoms with Gasteiger partial charge in [0.05, 0.1) is 6.42 Å². The van der Waals surface area contributed by atoms with Crippen LogP contribution in [0, 0.1) is 5.92 Å². The molecule has 0 heterocycles. The number of carboxylic acids is 1. The van der Waals surface area contributed by atoms with Gasteiger partial charge in [0.2, 0.25) is 11.8 Å². The Morgan fingerprint density at radius 2 is 1.69 bits per heavy atom. The molecule has 1 aromatic rings. The summed E-state index contributed by atoms with van der Waals surface area (Å²) in [5, 5.41) is 23.6. The molecule has 0 radical (unpaired) electrons. The van der Waals surface area contributed by atoms with Crippen molar-refractivity contribution in [1.29, 1.82) is 0 Å². The van der Waals surface area contributed by atoms with Crippen LogP contribution in [0.3, 0.4) is 0 Å². The number of amides is 2. The van der Waals surface area contributed by atoms with Gasteiger partial charge < -0.3 is 20.8 Å². The Morgan fingerprint density at radius 3 is 2.27 bits per heavy atom. The number of carbonyl (C=O) groups excluding carboxylic acids is 2. The Hall–Kier alpha value is -2.41. The Labute approximate surface area is 153 Å². The molecule has 0 saturated heterocycles. The molecule has 4 N–H and O–H groups in total. The Bertz CT molecular complexity index is 589. The van der Waals surface area contributed by atoms with Gasteiger partial charge >= 0.3 is 5.97 Å². The third-order valence-corrected chi connectivity index (χ3v) is 3.89. The molecule has 144 valence electrons. The number of hydrogen-bond acceptors (Lipinski definition) is 4. The number of rotatable bonds is 11. The number of aliphatic hydroxyl groups excluding tert-OH is 1. The number of aliphatic carboxylic acids is 1. The molecular weight excluding hydrogens is 336 g/mol. The van der Waals surface area contributed by atoms with Crippen LogP contribution in [0.4, 0.5) is 0 Å². The van der Waals surface area contributed by atoms with Gasteiger partial charge in [0.25, 0.3) is 0 Å². The molecule has 0 aromatic heterocycles. The van der Waals surface area contributed by atoms with Gasteiger partial charge in [-0.15, -0.1) is 0 Å². The van der Waals surface area contributed by atoms with Gasteiger partial charge in [0.15, 0.2) is 0 Å². The summed E-state index contributed by atoms with van der Waals surface area (Å²) in [7, 11) is 0. The Kier molecular flexibility index (Phi) is 9.36. The molecule has 0 saturated carbocycles. The molecule has 1 aromatic carbocycles. The molecule has 26 heavy (non-hydrogen) atoms. The zero-order valence-electron chi connectivity index (χ0n) is 15.3. The second-order valence-corrected chi connectivity index (χ2v) is 6.67. The summed E-state index contributed by atoms with van der Waals surface area (Å²) < 4.78 is 0. The lowest BCUT2D eigenvalue weighted by molar-refractivity contribution is -0.144. The molecule has 0 fully saturated rings.